The molecule has 2 aromatic heterocycles. The van der Waals surface area contributed by atoms with Crippen LogP contribution in [0.2, 0.25) is 0 Å². The summed E-state index contributed by atoms with van der Waals surface area (Å²) in [4.78, 5) is 4.85. The molecule has 2 aromatic rings. The van der Waals surface area contributed by atoms with Crippen molar-refractivity contribution in [3.8, 4) is 0 Å². The Kier molecular flexibility index (Phi) is 12.8. The maximum Gasteiger partial charge on any atom is 0.124 e. The van der Waals surface area contributed by atoms with Crippen LogP contribution in [0.5, 0.6) is 0 Å². The van der Waals surface area contributed by atoms with Gasteiger partial charge in [0.1, 0.15) is 6.26 Å². The van der Waals surface area contributed by atoms with Crippen LogP contribution in [0.25, 0.3) is 0 Å². The summed E-state index contributed by atoms with van der Waals surface area (Å²) in [5, 5.41) is 10.6. The van der Waals surface area contributed by atoms with Gasteiger partial charge in [0.15, 0.2) is 0 Å². The first kappa shape index (κ1) is 33.9. The van der Waals surface area contributed by atoms with Crippen LogP contribution in [0.1, 0.15) is 107 Å². The average molecular weight is 532 g/mol. The molecule has 2 aliphatic rings. The molecule has 0 saturated carbocycles. The second-order valence-corrected chi connectivity index (χ2v) is 14.1. The fourth-order valence-corrected chi connectivity index (χ4v) is 4.05. The highest BCUT2D eigenvalue weighted by atomic mass is 16.5. The van der Waals surface area contributed by atoms with Crippen LogP contribution in [-0.4, -0.2) is 69.1 Å². The van der Waals surface area contributed by atoms with Crippen molar-refractivity contribution >= 4 is 0 Å². The van der Waals surface area contributed by atoms with Gasteiger partial charge < -0.3 is 14.2 Å². The van der Waals surface area contributed by atoms with Gasteiger partial charge in [0, 0.05) is 65.2 Å². The predicted octanol–water partition coefficient (Wildman–Crippen LogP) is 7.19. The lowest BCUT2D eigenvalue weighted by molar-refractivity contribution is -0.00389. The van der Waals surface area contributed by atoms with Crippen molar-refractivity contribution < 1.29 is 9.26 Å². The fraction of sp³-hybridized carbons (Fsp3) is 0.742. The van der Waals surface area contributed by atoms with E-state index in [1.165, 1.54) is 30.8 Å². The Bertz CT molecular complexity index is 842. The summed E-state index contributed by atoms with van der Waals surface area (Å²) in [6, 6.07) is 3.89. The lowest BCUT2D eigenvalue weighted by Crippen LogP contribution is -2.47. The van der Waals surface area contributed by atoms with Crippen molar-refractivity contribution in [3.05, 3.63) is 48.3 Å². The number of morpholine rings is 1. The van der Waals surface area contributed by atoms with Crippen LogP contribution in [0, 0.1) is 0 Å². The SMILES string of the molecule is C=C1CCCN1C(C)(C)C.CC(C)(C)N1CCOCC1.CC(C)(C)c1ccn[nH]1.CC(C)(C)c1ccon1. The molecule has 0 spiro atoms. The Morgan fingerprint density at radius 2 is 1.42 bits per heavy atom. The normalized spacial score (nSPS) is 17.1. The lowest BCUT2D eigenvalue weighted by atomic mass is 9.93. The molecule has 0 unspecified atom stereocenters. The van der Waals surface area contributed by atoms with Gasteiger partial charge in [-0.3, -0.25) is 10.00 Å². The first-order valence-electron chi connectivity index (χ1n) is 14.0. The molecule has 2 aliphatic heterocycles. The third-order valence-electron chi connectivity index (χ3n) is 6.51. The first-order valence-corrected chi connectivity index (χ1v) is 14.0. The molecule has 38 heavy (non-hydrogen) atoms. The Labute approximate surface area is 233 Å². The molecule has 7 heteroatoms. The molecule has 0 radical (unpaired) electrons. The Balaban J connectivity index is 0.000000254. The molecule has 0 aliphatic carbocycles. The Hall–Kier alpha value is -2.12. The van der Waals surface area contributed by atoms with Gasteiger partial charge in [-0.25, -0.2) is 0 Å². The van der Waals surface area contributed by atoms with Gasteiger partial charge in [0.25, 0.3) is 0 Å². The Morgan fingerprint density at radius 3 is 1.66 bits per heavy atom. The van der Waals surface area contributed by atoms with Gasteiger partial charge >= 0.3 is 0 Å². The highest BCUT2D eigenvalue weighted by Crippen LogP contribution is 2.27. The minimum absolute atomic E-state index is 0.118. The smallest absolute Gasteiger partial charge is 0.124 e. The van der Waals surface area contributed by atoms with E-state index in [0.717, 1.165) is 32.0 Å². The number of aromatic nitrogens is 3. The van der Waals surface area contributed by atoms with Crippen molar-refractivity contribution in [3.63, 3.8) is 0 Å². The van der Waals surface area contributed by atoms with Crippen LogP contribution in [0.4, 0.5) is 0 Å². The summed E-state index contributed by atoms with van der Waals surface area (Å²) in [5.74, 6) is 0. The van der Waals surface area contributed by atoms with E-state index >= 15 is 0 Å². The van der Waals surface area contributed by atoms with E-state index in [1.54, 1.807) is 12.5 Å². The summed E-state index contributed by atoms with van der Waals surface area (Å²) in [6.07, 6.45) is 5.86. The number of H-pyrrole nitrogens is 1. The van der Waals surface area contributed by atoms with Crippen molar-refractivity contribution in [1.82, 2.24) is 25.2 Å². The van der Waals surface area contributed by atoms with E-state index in [0.29, 0.717) is 5.54 Å². The topological polar surface area (TPSA) is 70.4 Å². The third-order valence-corrected chi connectivity index (χ3v) is 6.51. The lowest BCUT2D eigenvalue weighted by Gasteiger charge is -2.38. The zero-order valence-corrected chi connectivity index (χ0v) is 26.6. The maximum atomic E-state index is 5.25. The number of likely N-dealkylation sites (tertiary alicyclic amines) is 1. The summed E-state index contributed by atoms with van der Waals surface area (Å²) in [5.41, 5.74) is 4.43. The largest absolute Gasteiger partial charge is 0.379 e. The van der Waals surface area contributed by atoms with E-state index in [1.807, 2.05) is 12.1 Å². The zero-order valence-electron chi connectivity index (χ0n) is 26.6. The van der Waals surface area contributed by atoms with E-state index in [-0.39, 0.29) is 16.4 Å². The van der Waals surface area contributed by atoms with Crippen LogP contribution < -0.4 is 0 Å². The molecule has 218 valence electrons. The maximum absolute atomic E-state index is 5.25. The van der Waals surface area contributed by atoms with Gasteiger partial charge in [-0.05, 0) is 60.5 Å². The summed E-state index contributed by atoms with van der Waals surface area (Å²) >= 11 is 0. The molecule has 7 nitrogen and oxygen atoms in total. The molecular weight excluding hydrogens is 474 g/mol. The quantitative estimate of drug-likeness (QED) is 0.388. The first-order chi connectivity index (χ1) is 17.3. The van der Waals surface area contributed by atoms with Gasteiger partial charge in [-0.2, -0.15) is 5.10 Å². The third kappa shape index (κ3) is 12.6. The molecular formula is C31H57N5O2. The number of hydrogen-bond donors (Lipinski definition) is 1. The van der Waals surface area contributed by atoms with Gasteiger partial charge in [0.2, 0.25) is 0 Å². The number of hydrogen-bond acceptors (Lipinski definition) is 6. The Morgan fingerprint density at radius 1 is 0.816 bits per heavy atom. The van der Waals surface area contributed by atoms with Crippen molar-refractivity contribution in [2.24, 2.45) is 0 Å². The molecule has 0 amide bonds. The van der Waals surface area contributed by atoms with Crippen LogP contribution in [-0.2, 0) is 15.6 Å². The minimum atomic E-state index is 0.118. The van der Waals surface area contributed by atoms with E-state index in [9.17, 15) is 0 Å². The van der Waals surface area contributed by atoms with Crippen molar-refractivity contribution in [2.75, 3.05) is 32.8 Å². The zero-order chi connectivity index (χ0) is 29.2. The molecule has 4 rings (SSSR count). The van der Waals surface area contributed by atoms with Crippen molar-refractivity contribution in [2.45, 2.75) is 118 Å². The predicted molar refractivity (Wildman–Crippen MR) is 159 cm³/mol. The number of ether oxygens (including phenoxy) is 1. The summed E-state index contributed by atoms with van der Waals surface area (Å²) in [7, 11) is 0. The molecule has 0 bridgehead atoms. The molecule has 4 heterocycles. The van der Waals surface area contributed by atoms with Gasteiger partial charge in [-0.1, -0.05) is 53.3 Å². The highest BCUT2D eigenvalue weighted by Gasteiger charge is 2.25. The second-order valence-electron chi connectivity index (χ2n) is 14.1. The van der Waals surface area contributed by atoms with E-state index in [2.05, 4.69) is 115 Å². The number of nitrogens with one attached hydrogen (secondary N) is 1. The van der Waals surface area contributed by atoms with E-state index < -0.39 is 0 Å². The van der Waals surface area contributed by atoms with Crippen LogP contribution in [0.15, 0.2) is 41.4 Å². The summed E-state index contributed by atoms with van der Waals surface area (Å²) in [6.45, 7) is 35.4. The minimum Gasteiger partial charge on any atom is -0.379 e. The van der Waals surface area contributed by atoms with Gasteiger partial charge in [-0.15, -0.1) is 0 Å². The monoisotopic (exact) mass is 531 g/mol. The molecule has 0 aromatic carbocycles. The fourth-order valence-electron chi connectivity index (χ4n) is 4.05. The number of nitrogens with zero attached hydrogens (tertiary/aromatic N) is 4. The van der Waals surface area contributed by atoms with Crippen molar-refractivity contribution in [1.29, 1.82) is 0 Å². The number of rotatable bonds is 0. The molecule has 0 atom stereocenters. The van der Waals surface area contributed by atoms with E-state index in [4.69, 9.17) is 9.26 Å². The van der Waals surface area contributed by atoms with Gasteiger partial charge in [0.05, 0.1) is 18.9 Å². The average Bonchev–Trinajstić information content (AvgIpc) is 3.55. The number of aromatic amines is 1. The van der Waals surface area contributed by atoms with Crippen LogP contribution in [0.3, 0.4) is 0 Å². The highest BCUT2D eigenvalue weighted by molar-refractivity contribution is 5.09. The molecule has 2 fully saturated rings. The van der Waals surface area contributed by atoms with Crippen LogP contribution >= 0.6 is 0 Å². The summed E-state index contributed by atoms with van der Waals surface area (Å²) < 4.78 is 9.94. The standard InChI is InChI=1S/C9H17N.C8H17NO.C7H12N2.C7H11NO/c1-8-6-5-7-10(8)9(2,3)4;1-8(2,3)9-4-6-10-7-5-9;1-7(2,3)6-4-5-8-9-6;1-7(2,3)6-4-5-9-8-6/h1,5-7H2,2-4H3;4-7H2,1-3H3;4-5H,1-3H3,(H,8,9);4-5H,1-3H3. The molecule has 2 saturated heterocycles. The molecule has 1 N–H and O–H groups in total. The second kappa shape index (κ2) is 14.3. The number of allylic oxidation sites excluding steroid dienone is 1.